The highest BCUT2D eigenvalue weighted by atomic mass is 16.5. The van der Waals surface area contributed by atoms with Gasteiger partial charge in [0.15, 0.2) is 0 Å². The van der Waals surface area contributed by atoms with Crippen LogP contribution < -0.4 is 0 Å². The highest BCUT2D eigenvalue weighted by molar-refractivity contribution is 5.83. The van der Waals surface area contributed by atoms with Gasteiger partial charge < -0.3 is 19.2 Å². The van der Waals surface area contributed by atoms with E-state index >= 15 is 0 Å². The number of hydrogen-bond acceptors (Lipinski definition) is 3. The summed E-state index contributed by atoms with van der Waals surface area (Å²) in [4.78, 5) is 3.39. The molecular weight excluding hydrogens is 398 g/mol. The van der Waals surface area contributed by atoms with Crippen LogP contribution in [0, 0.1) is 0 Å². The van der Waals surface area contributed by atoms with Crippen LogP contribution in [0.3, 0.4) is 0 Å². The van der Waals surface area contributed by atoms with Crippen LogP contribution in [0.2, 0.25) is 0 Å². The van der Waals surface area contributed by atoms with Gasteiger partial charge in [-0.05, 0) is 17.2 Å². The summed E-state index contributed by atoms with van der Waals surface area (Å²) >= 11 is 0. The number of fused-ring (bicyclic) bond motifs is 1. The Morgan fingerprint density at radius 1 is 0.781 bits per heavy atom. The van der Waals surface area contributed by atoms with E-state index in [-0.39, 0.29) is 18.3 Å². The third-order valence-electron chi connectivity index (χ3n) is 6.07. The third-order valence-corrected chi connectivity index (χ3v) is 6.07. The molecule has 1 fully saturated rings. The molecule has 1 aliphatic rings. The molecule has 0 amide bonds. The second kappa shape index (κ2) is 10.1. The molecule has 3 atom stereocenters. The number of benzene rings is 3. The molecule has 0 aliphatic carbocycles. The van der Waals surface area contributed by atoms with Gasteiger partial charge in [-0.1, -0.05) is 78.9 Å². The van der Waals surface area contributed by atoms with E-state index in [2.05, 4.69) is 71.8 Å². The maximum atomic E-state index is 6.53. The fourth-order valence-corrected chi connectivity index (χ4v) is 4.45. The number of nitrogens with one attached hydrogen (secondary N) is 1. The number of hydrogen-bond donors (Lipinski definition) is 1. The van der Waals surface area contributed by atoms with Crippen molar-refractivity contribution in [3.63, 3.8) is 0 Å². The molecule has 1 aliphatic heterocycles. The summed E-state index contributed by atoms with van der Waals surface area (Å²) in [5.74, 6) is 0. The van der Waals surface area contributed by atoms with E-state index in [0.29, 0.717) is 19.8 Å². The first-order valence-corrected chi connectivity index (χ1v) is 11.3. The molecule has 2 heterocycles. The van der Waals surface area contributed by atoms with Crippen molar-refractivity contribution in [3.8, 4) is 0 Å². The Bertz CT molecular complexity index is 1110. The van der Waals surface area contributed by atoms with Crippen LogP contribution in [-0.4, -0.2) is 23.8 Å². The highest BCUT2D eigenvalue weighted by Crippen LogP contribution is 2.36. The predicted octanol–water partition coefficient (Wildman–Crippen LogP) is 6.19. The minimum Gasteiger partial charge on any atom is -0.374 e. The van der Waals surface area contributed by atoms with Crippen molar-refractivity contribution in [1.29, 1.82) is 0 Å². The minimum atomic E-state index is -0.0222. The standard InChI is InChI=1S/C28H29NO3/c1-3-9-21(10-4-1)18-30-20-24-15-23(31-19-22-11-5-2-6-12-22)16-28(32-24)26-17-29-27-14-8-7-13-25(26)27/h1-14,17,23-24,28-29H,15-16,18-20H2. The average Bonchev–Trinajstić information content (AvgIpc) is 3.28. The quantitative estimate of drug-likeness (QED) is 0.365. The van der Waals surface area contributed by atoms with Gasteiger partial charge in [0, 0.05) is 35.5 Å². The molecule has 0 spiro atoms. The lowest BCUT2D eigenvalue weighted by molar-refractivity contribution is -0.141. The topological polar surface area (TPSA) is 43.5 Å². The minimum absolute atomic E-state index is 0.00750. The molecule has 1 aromatic heterocycles. The molecule has 32 heavy (non-hydrogen) atoms. The maximum Gasteiger partial charge on any atom is 0.0875 e. The molecule has 0 saturated carbocycles. The zero-order chi connectivity index (χ0) is 21.6. The third kappa shape index (κ3) is 5.10. The van der Waals surface area contributed by atoms with E-state index in [1.807, 2.05) is 24.3 Å². The van der Waals surface area contributed by atoms with E-state index in [1.54, 1.807) is 0 Å². The molecule has 3 unspecified atom stereocenters. The van der Waals surface area contributed by atoms with Crippen molar-refractivity contribution in [1.82, 2.24) is 4.98 Å². The highest BCUT2D eigenvalue weighted by Gasteiger charge is 2.32. The number of rotatable bonds is 8. The Kier molecular flexibility index (Phi) is 6.63. The maximum absolute atomic E-state index is 6.53. The fraction of sp³-hybridized carbons (Fsp3) is 0.286. The van der Waals surface area contributed by atoms with Gasteiger partial charge >= 0.3 is 0 Å². The molecule has 0 radical (unpaired) electrons. The van der Waals surface area contributed by atoms with Crippen molar-refractivity contribution in [2.75, 3.05) is 6.61 Å². The first-order chi connectivity index (χ1) is 15.8. The SMILES string of the molecule is c1ccc(COCC2CC(OCc3ccccc3)CC(c3c[nH]c4ccccc34)O2)cc1. The lowest BCUT2D eigenvalue weighted by atomic mass is 9.95. The van der Waals surface area contributed by atoms with Crippen molar-refractivity contribution in [2.24, 2.45) is 0 Å². The molecule has 4 heteroatoms. The Labute approximate surface area is 189 Å². The number of ether oxygens (including phenoxy) is 3. The second-order valence-electron chi connectivity index (χ2n) is 8.43. The molecule has 1 N–H and O–H groups in total. The molecule has 1 saturated heterocycles. The van der Waals surface area contributed by atoms with Gasteiger partial charge in [0.1, 0.15) is 0 Å². The van der Waals surface area contributed by atoms with Gasteiger partial charge in [-0.3, -0.25) is 0 Å². The first kappa shape index (κ1) is 21.0. The monoisotopic (exact) mass is 427 g/mol. The van der Waals surface area contributed by atoms with E-state index in [0.717, 1.165) is 18.4 Å². The van der Waals surface area contributed by atoms with Crippen molar-refractivity contribution in [2.45, 2.75) is 44.4 Å². The number of para-hydroxylation sites is 1. The number of H-pyrrole nitrogens is 1. The van der Waals surface area contributed by atoms with Crippen LogP contribution in [0.1, 0.15) is 35.6 Å². The smallest absolute Gasteiger partial charge is 0.0875 e. The van der Waals surface area contributed by atoms with Gasteiger partial charge in [-0.15, -0.1) is 0 Å². The van der Waals surface area contributed by atoms with Crippen LogP contribution in [-0.2, 0) is 27.4 Å². The van der Waals surface area contributed by atoms with Crippen LogP contribution in [0.15, 0.2) is 91.1 Å². The molecular formula is C28H29NO3. The van der Waals surface area contributed by atoms with Crippen molar-refractivity contribution >= 4 is 10.9 Å². The molecule has 4 nitrogen and oxygen atoms in total. The van der Waals surface area contributed by atoms with Gasteiger partial charge in [-0.2, -0.15) is 0 Å². The predicted molar refractivity (Wildman–Crippen MR) is 126 cm³/mol. The summed E-state index contributed by atoms with van der Waals surface area (Å²) in [5, 5.41) is 1.21. The molecule has 0 bridgehead atoms. The zero-order valence-corrected chi connectivity index (χ0v) is 18.2. The zero-order valence-electron chi connectivity index (χ0n) is 18.2. The van der Waals surface area contributed by atoms with Gasteiger partial charge in [0.05, 0.1) is 38.1 Å². The molecule has 5 rings (SSSR count). The van der Waals surface area contributed by atoms with E-state index in [9.17, 15) is 0 Å². The normalized spacial score (nSPS) is 21.1. The van der Waals surface area contributed by atoms with Gasteiger partial charge in [-0.25, -0.2) is 0 Å². The number of aromatic amines is 1. The fourth-order valence-electron chi connectivity index (χ4n) is 4.45. The van der Waals surface area contributed by atoms with E-state index < -0.39 is 0 Å². The summed E-state index contributed by atoms with van der Waals surface area (Å²) < 4.78 is 18.9. The number of aromatic nitrogens is 1. The summed E-state index contributed by atoms with van der Waals surface area (Å²) in [6.45, 7) is 1.76. The largest absolute Gasteiger partial charge is 0.374 e. The van der Waals surface area contributed by atoms with E-state index in [1.165, 1.54) is 22.1 Å². The van der Waals surface area contributed by atoms with Gasteiger partial charge in [0.25, 0.3) is 0 Å². The lowest BCUT2D eigenvalue weighted by Crippen LogP contribution is -2.35. The molecule has 4 aromatic rings. The van der Waals surface area contributed by atoms with Crippen LogP contribution in [0.25, 0.3) is 10.9 Å². The Morgan fingerprint density at radius 2 is 1.47 bits per heavy atom. The van der Waals surface area contributed by atoms with Crippen molar-refractivity contribution < 1.29 is 14.2 Å². The van der Waals surface area contributed by atoms with Crippen molar-refractivity contribution in [3.05, 3.63) is 108 Å². The average molecular weight is 428 g/mol. The first-order valence-electron chi connectivity index (χ1n) is 11.3. The summed E-state index contributed by atoms with van der Waals surface area (Å²) in [7, 11) is 0. The molecule has 164 valence electrons. The second-order valence-corrected chi connectivity index (χ2v) is 8.43. The molecule has 3 aromatic carbocycles. The summed E-state index contributed by atoms with van der Waals surface area (Å²) in [5.41, 5.74) is 4.70. The van der Waals surface area contributed by atoms with Gasteiger partial charge in [0.2, 0.25) is 0 Å². The van der Waals surface area contributed by atoms with Crippen LogP contribution >= 0.6 is 0 Å². The van der Waals surface area contributed by atoms with Crippen LogP contribution in [0.4, 0.5) is 0 Å². The van der Waals surface area contributed by atoms with E-state index in [4.69, 9.17) is 14.2 Å². The van der Waals surface area contributed by atoms with Crippen LogP contribution in [0.5, 0.6) is 0 Å². The summed E-state index contributed by atoms with van der Waals surface area (Å²) in [6, 6.07) is 29.0. The Morgan fingerprint density at radius 3 is 2.25 bits per heavy atom. The summed E-state index contributed by atoms with van der Waals surface area (Å²) in [6.07, 6.45) is 3.84. The Balaban J connectivity index is 1.28. The Hall–Kier alpha value is -2.92. The lowest BCUT2D eigenvalue weighted by Gasteiger charge is -2.35.